The lowest BCUT2D eigenvalue weighted by atomic mass is 9.71. The number of allylic oxidation sites excluding steroid dienone is 8. The van der Waals surface area contributed by atoms with Crippen LogP contribution in [0.1, 0.15) is 38.8 Å². The molecule has 2 fully saturated rings. The zero-order chi connectivity index (χ0) is 46.6. The molecule has 0 aromatic heterocycles. The van der Waals surface area contributed by atoms with Crippen molar-refractivity contribution in [3.63, 3.8) is 0 Å². The minimum atomic E-state index is -1.57. The van der Waals surface area contributed by atoms with Gasteiger partial charge in [0.25, 0.3) is 0 Å². The second-order valence-corrected chi connectivity index (χ2v) is 17.7. The second kappa shape index (κ2) is 18.7. The maximum absolute atomic E-state index is 12.3. The highest BCUT2D eigenvalue weighted by molar-refractivity contribution is 6.58. The minimum Gasteiger partial charge on any atom is -0.505 e. The third-order valence-corrected chi connectivity index (χ3v) is 12.6. The molecule has 2 aromatic carbocycles. The van der Waals surface area contributed by atoms with Crippen molar-refractivity contribution in [1.29, 1.82) is 0 Å². The molecule has 17 nitrogen and oxygen atoms in total. The van der Waals surface area contributed by atoms with Gasteiger partial charge in [0.05, 0.1) is 56.1 Å². The average molecular weight is 959 g/mol. The number of aliphatic hydroxyl groups is 9. The number of benzene rings is 2. The maximum atomic E-state index is 12.3. The molecule has 10 N–H and O–H groups in total. The molecule has 0 radical (unpaired) electrons. The van der Waals surface area contributed by atoms with Crippen molar-refractivity contribution in [1.82, 2.24) is 0 Å². The monoisotopic (exact) mass is 956 g/mol. The molecule has 4 heterocycles. The first-order valence-corrected chi connectivity index (χ1v) is 20.7. The van der Waals surface area contributed by atoms with Crippen molar-refractivity contribution in [3.05, 3.63) is 91.0 Å². The van der Waals surface area contributed by atoms with Gasteiger partial charge in [0.2, 0.25) is 12.1 Å². The second-order valence-electron chi connectivity index (χ2n) is 16.2. The number of ketones is 2. The van der Waals surface area contributed by atoms with Gasteiger partial charge in [0, 0.05) is 22.0 Å². The fourth-order valence-electron chi connectivity index (χ4n) is 7.76. The summed E-state index contributed by atoms with van der Waals surface area (Å²) in [5, 5.41) is 94.4. The largest absolute Gasteiger partial charge is 0.505 e. The third-order valence-electron chi connectivity index (χ3n) is 11.3. The lowest BCUT2D eigenvalue weighted by Crippen LogP contribution is -2.60. The minimum absolute atomic E-state index is 0.00200. The summed E-state index contributed by atoms with van der Waals surface area (Å²) in [6.07, 6.45) is -7.78. The molecular weight excluding hydrogens is 914 g/mol. The van der Waals surface area contributed by atoms with Crippen molar-refractivity contribution in [2.45, 2.75) is 99.9 Å². The van der Waals surface area contributed by atoms with Crippen LogP contribution in [0.25, 0.3) is 0 Å². The number of aromatic hydroxyl groups is 1. The van der Waals surface area contributed by atoms with Gasteiger partial charge in [-0.15, -0.1) is 0 Å². The van der Waals surface area contributed by atoms with E-state index in [1.165, 1.54) is 12.2 Å². The number of carbonyl (C=O) groups excluding carboxylic acids is 2. The van der Waals surface area contributed by atoms with Crippen molar-refractivity contribution >= 4 is 80.8 Å². The summed E-state index contributed by atoms with van der Waals surface area (Å²) in [6.45, 7) is 6.57. The number of nitrogens with zero attached hydrogens (tertiary/aromatic N) is 2. The average Bonchev–Trinajstić information content (AvgIpc) is 3.23. The van der Waals surface area contributed by atoms with Gasteiger partial charge in [0.1, 0.15) is 54.6 Å². The van der Waals surface area contributed by atoms with Gasteiger partial charge < -0.3 is 65.3 Å². The first kappa shape index (κ1) is 48.8. The summed E-state index contributed by atoms with van der Waals surface area (Å²) in [6, 6.07) is 6.58. The number of aliphatic hydroxyl groups excluding tert-OH is 9. The van der Waals surface area contributed by atoms with Crippen LogP contribution in [0.4, 0.5) is 11.4 Å². The lowest BCUT2D eigenvalue weighted by Gasteiger charge is -2.40. The van der Waals surface area contributed by atoms with Gasteiger partial charge >= 0.3 is 0 Å². The Labute approximate surface area is 379 Å². The van der Waals surface area contributed by atoms with E-state index in [-0.39, 0.29) is 31.6 Å². The maximum Gasteiger partial charge on any atom is 0.229 e. The molecule has 4 unspecified atom stereocenters. The SMILES string of the molecule is CC1(C)C2=C(Cl)C(=O)C(Cl)=CC2=Nc2ccc(O[C@@H]3OC(CO)[C@H](O)[C@@H](O)C3O)cc21.CC1(C)C2=CC(=O)C=CC2=Nc2cc(Cl)c(O)c(Cl)c21.OCC1O[C@@H](O)C(O)[C@H](O)[C@H]1O. The Balaban J connectivity index is 0.000000176. The van der Waals surface area contributed by atoms with Gasteiger partial charge in [-0.2, -0.15) is 0 Å². The number of hydrogen-bond acceptors (Lipinski definition) is 17. The van der Waals surface area contributed by atoms with E-state index in [0.29, 0.717) is 39.5 Å². The summed E-state index contributed by atoms with van der Waals surface area (Å²) in [5.41, 5.74) is 3.95. The molecule has 0 saturated carbocycles. The molecule has 21 heteroatoms. The lowest BCUT2D eigenvalue weighted by molar-refractivity contribution is -0.286. The molecule has 10 atom stereocenters. The van der Waals surface area contributed by atoms with E-state index in [4.69, 9.17) is 81.4 Å². The number of aliphatic imine (C=N–C) groups is 2. The number of Topliss-reactive ketones (excluding diaryl/α,β-unsaturated/α-hetero) is 1. The van der Waals surface area contributed by atoms with Gasteiger partial charge in [-0.3, -0.25) is 9.59 Å². The van der Waals surface area contributed by atoms with E-state index in [0.717, 1.165) is 11.3 Å². The third kappa shape index (κ3) is 9.16. The fourth-order valence-corrected chi connectivity index (χ4v) is 9.12. The van der Waals surface area contributed by atoms with Crippen LogP contribution in [0, 0.1) is 0 Å². The summed E-state index contributed by atoms with van der Waals surface area (Å²) in [5.74, 6) is -0.411. The first-order chi connectivity index (χ1) is 29.4. The smallest absolute Gasteiger partial charge is 0.229 e. The Morgan fingerprint density at radius 2 is 1.32 bits per heavy atom. The molecule has 6 aliphatic rings. The highest BCUT2D eigenvalue weighted by Crippen LogP contribution is 2.52. The highest BCUT2D eigenvalue weighted by Gasteiger charge is 2.46. The number of ether oxygens (including phenoxy) is 3. The molecule has 2 aromatic rings. The van der Waals surface area contributed by atoms with Crippen LogP contribution in [-0.4, -0.2) is 149 Å². The molecular formula is C42H44Cl4N2O15. The quantitative estimate of drug-likeness (QED) is 0.197. The van der Waals surface area contributed by atoms with E-state index in [1.807, 2.05) is 27.7 Å². The zero-order valence-electron chi connectivity index (χ0n) is 33.7. The van der Waals surface area contributed by atoms with Crippen LogP contribution in [0.15, 0.2) is 79.8 Å². The molecule has 8 rings (SSSR count). The van der Waals surface area contributed by atoms with Crippen LogP contribution in [-0.2, 0) is 29.9 Å². The van der Waals surface area contributed by atoms with Crippen molar-refractivity contribution in [2.75, 3.05) is 13.2 Å². The summed E-state index contributed by atoms with van der Waals surface area (Å²) in [4.78, 5) is 32.9. The van der Waals surface area contributed by atoms with Crippen LogP contribution in [0.2, 0.25) is 10.0 Å². The Morgan fingerprint density at radius 3 is 1.95 bits per heavy atom. The van der Waals surface area contributed by atoms with Gasteiger partial charge in [0.15, 0.2) is 17.8 Å². The Kier molecular flexibility index (Phi) is 14.5. The van der Waals surface area contributed by atoms with Crippen LogP contribution in [0.3, 0.4) is 0 Å². The van der Waals surface area contributed by atoms with E-state index in [2.05, 4.69) is 14.7 Å². The number of phenols is 1. The van der Waals surface area contributed by atoms with Crippen molar-refractivity contribution in [3.8, 4) is 11.5 Å². The van der Waals surface area contributed by atoms with Gasteiger partial charge in [-0.1, -0.05) is 74.1 Å². The van der Waals surface area contributed by atoms with Gasteiger partial charge in [-0.05, 0) is 59.7 Å². The molecule has 2 aliphatic carbocycles. The molecule has 2 saturated heterocycles. The van der Waals surface area contributed by atoms with E-state index in [9.17, 15) is 35.1 Å². The predicted molar refractivity (Wildman–Crippen MR) is 229 cm³/mol. The summed E-state index contributed by atoms with van der Waals surface area (Å²) in [7, 11) is 0. The van der Waals surface area contributed by atoms with Gasteiger partial charge in [-0.25, -0.2) is 9.98 Å². The molecule has 0 amide bonds. The predicted octanol–water partition coefficient (Wildman–Crippen LogP) is 2.33. The molecule has 63 heavy (non-hydrogen) atoms. The standard InChI is InChI=1S/C21H21Cl2NO7.C15H11Cl2NO2.C6H12O6/c1-21(2)9-5-8(30-20-19(29)18(28)17(27)13(7-25)31-20)3-4-11(9)24-12-6-10(22)16(26)15(23)14(12)21;1-15(2)8-5-7(19)3-4-10(8)18-11-6-9(16)14(20)13(17)12(11)15;7-1-2-3(8)4(9)5(10)6(11)12-2/h3-6,13,17-20,25,27-29H,7H2,1-2H3;3-6,20H,1-2H3;2-11H,1H2/t13?,17-,18+,19?,20+;;2?,3-,4+,5?,6+/m0.0/s1. The number of carbonyl (C=O) groups is 2. The number of fused-ring (bicyclic) bond motifs is 4. The van der Waals surface area contributed by atoms with E-state index in [1.54, 1.807) is 36.4 Å². The fraction of sp³-hybridized carbons (Fsp3) is 0.429. The Morgan fingerprint density at radius 1 is 0.714 bits per heavy atom. The van der Waals surface area contributed by atoms with Crippen molar-refractivity contribution < 1.29 is 74.9 Å². The molecule has 0 spiro atoms. The zero-order valence-corrected chi connectivity index (χ0v) is 36.7. The first-order valence-electron chi connectivity index (χ1n) is 19.2. The molecule has 4 aliphatic heterocycles. The number of phenolic OH excluding ortho intramolecular Hbond substituents is 1. The van der Waals surface area contributed by atoms with Crippen molar-refractivity contribution in [2.24, 2.45) is 9.98 Å². The van der Waals surface area contributed by atoms with Crippen LogP contribution < -0.4 is 4.74 Å². The molecule has 340 valence electrons. The van der Waals surface area contributed by atoms with E-state index < -0.39 is 91.2 Å². The summed E-state index contributed by atoms with van der Waals surface area (Å²) >= 11 is 24.5. The van der Waals surface area contributed by atoms with E-state index >= 15 is 0 Å². The van der Waals surface area contributed by atoms with Crippen LogP contribution >= 0.6 is 46.4 Å². The van der Waals surface area contributed by atoms with Crippen LogP contribution in [0.5, 0.6) is 11.5 Å². The number of hydrogen-bond donors (Lipinski definition) is 10. The number of halogens is 4. The number of rotatable bonds is 4. The highest BCUT2D eigenvalue weighted by atomic mass is 35.5. The Hall–Kier alpha value is -3.60. The molecule has 0 bridgehead atoms. The Bertz CT molecular complexity index is 2370. The summed E-state index contributed by atoms with van der Waals surface area (Å²) < 4.78 is 15.7. The topological polar surface area (TPSA) is 289 Å². The normalized spacial score (nSPS) is 31.3.